The second kappa shape index (κ2) is 9.62. The highest BCUT2D eigenvalue weighted by Gasteiger charge is 2.24. The molecule has 0 aromatic heterocycles. The van der Waals surface area contributed by atoms with Crippen LogP contribution in [0.3, 0.4) is 0 Å². The Morgan fingerprint density at radius 3 is 2.33 bits per heavy atom. The smallest absolute Gasteiger partial charge is 0.408 e. The van der Waals surface area contributed by atoms with Crippen LogP contribution in [0.25, 0.3) is 0 Å². The van der Waals surface area contributed by atoms with Crippen molar-refractivity contribution in [3.05, 3.63) is 0 Å². The largest absolute Gasteiger partial charge is 0.444 e. The highest BCUT2D eigenvalue weighted by atomic mass is 16.6. The molecule has 1 aliphatic heterocycles. The molecule has 0 aromatic carbocycles. The molecule has 1 rings (SSSR count). The summed E-state index contributed by atoms with van der Waals surface area (Å²) in [5.74, 6) is 0.657. The van der Waals surface area contributed by atoms with Gasteiger partial charge in [-0.1, -0.05) is 13.3 Å². The Balaban J connectivity index is 2.16. The molecule has 1 saturated heterocycles. The molecule has 1 heterocycles. The summed E-state index contributed by atoms with van der Waals surface area (Å²) >= 11 is 0. The van der Waals surface area contributed by atoms with E-state index in [0.29, 0.717) is 5.92 Å². The Morgan fingerprint density at radius 1 is 1.12 bits per heavy atom. The van der Waals surface area contributed by atoms with Crippen LogP contribution in [0, 0.1) is 5.92 Å². The lowest BCUT2D eigenvalue weighted by Crippen LogP contribution is -2.47. The van der Waals surface area contributed by atoms with Gasteiger partial charge in [0.05, 0.1) is 0 Å². The lowest BCUT2D eigenvalue weighted by atomic mass is 10.0. The quantitative estimate of drug-likeness (QED) is 0.665. The van der Waals surface area contributed by atoms with Gasteiger partial charge < -0.3 is 20.3 Å². The summed E-state index contributed by atoms with van der Waals surface area (Å²) in [6, 6.07) is 0. The van der Waals surface area contributed by atoms with Gasteiger partial charge in [0, 0.05) is 12.1 Å². The number of ether oxygens (including phenoxy) is 1. The monoisotopic (exact) mass is 341 g/mol. The first kappa shape index (κ1) is 21.2. The van der Waals surface area contributed by atoms with Gasteiger partial charge in [-0.25, -0.2) is 4.79 Å². The summed E-state index contributed by atoms with van der Waals surface area (Å²) in [4.78, 5) is 14.5. The van der Waals surface area contributed by atoms with E-state index in [0.717, 1.165) is 19.5 Å². The molecule has 5 heteroatoms. The number of carbonyl (C=O) groups excluding carboxylic acids is 1. The van der Waals surface area contributed by atoms with E-state index in [2.05, 4.69) is 22.5 Å². The van der Waals surface area contributed by atoms with Gasteiger partial charge in [0.1, 0.15) is 5.60 Å². The Labute approximate surface area is 148 Å². The van der Waals surface area contributed by atoms with Crippen molar-refractivity contribution >= 4 is 6.09 Å². The number of rotatable bonds is 8. The molecule has 0 aromatic rings. The summed E-state index contributed by atoms with van der Waals surface area (Å²) in [6.07, 6.45) is 4.63. The predicted octanol–water partition coefficient (Wildman–Crippen LogP) is 3.39. The van der Waals surface area contributed by atoms with Crippen LogP contribution in [0.5, 0.6) is 0 Å². The van der Waals surface area contributed by atoms with Gasteiger partial charge in [-0.3, -0.25) is 0 Å². The van der Waals surface area contributed by atoms with Gasteiger partial charge in [0.25, 0.3) is 0 Å². The van der Waals surface area contributed by atoms with E-state index in [1.54, 1.807) is 0 Å². The molecule has 24 heavy (non-hydrogen) atoms. The number of likely N-dealkylation sites (tertiary alicyclic amines) is 1. The van der Waals surface area contributed by atoms with Crippen LogP contribution >= 0.6 is 0 Å². The normalized spacial score (nSPS) is 18.2. The van der Waals surface area contributed by atoms with Gasteiger partial charge in [0.15, 0.2) is 0 Å². The summed E-state index contributed by atoms with van der Waals surface area (Å²) < 4.78 is 5.33. The minimum Gasteiger partial charge on any atom is -0.444 e. The zero-order valence-electron chi connectivity index (χ0n) is 16.7. The Morgan fingerprint density at radius 2 is 1.75 bits per heavy atom. The number of nitrogens with one attached hydrogen (secondary N) is 2. The molecule has 1 atom stereocenters. The number of piperidine rings is 1. The van der Waals surface area contributed by atoms with Crippen molar-refractivity contribution < 1.29 is 9.53 Å². The number of alkyl carbamates (subject to hydrolysis) is 1. The average Bonchev–Trinajstić information content (AvgIpc) is 2.42. The Bertz CT molecular complexity index is 371. The van der Waals surface area contributed by atoms with E-state index in [1.807, 2.05) is 34.6 Å². The van der Waals surface area contributed by atoms with Crippen molar-refractivity contribution in [3.63, 3.8) is 0 Å². The Hall–Kier alpha value is -0.810. The fraction of sp³-hybridized carbons (Fsp3) is 0.947. The lowest BCUT2D eigenvalue weighted by Gasteiger charge is -2.30. The van der Waals surface area contributed by atoms with Crippen molar-refractivity contribution in [2.75, 3.05) is 32.7 Å². The standard InChI is InChI=1S/C19H39N3O2/c1-16(15-22-12-8-7-9-13-22)14-20-11-10-19(5,6)21-17(23)24-18(2,3)4/h16,20H,7-15H2,1-6H3,(H,21,23). The zero-order valence-corrected chi connectivity index (χ0v) is 16.7. The third-order valence-electron chi connectivity index (χ3n) is 4.28. The third kappa shape index (κ3) is 10.1. The molecule has 0 spiro atoms. The van der Waals surface area contributed by atoms with E-state index in [-0.39, 0.29) is 11.6 Å². The number of nitrogens with zero attached hydrogens (tertiary/aromatic N) is 1. The average molecular weight is 342 g/mol. The van der Waals surface area contributed by atoms with Gasteiger partial charge >= 0.3 is 6.09 Å². The molecule has 5 nitrogen and oxygen atoms in total. The Kier molecular flexibility index (Phi) is 8.51. The van der Waals surface area contributed by atoms with Gasteiger partial charge in [0.2, 0.25) is 0 Å². The van der Waals surface area contributed by atoms with Crippen LogP contribution in [0.1, 0.15) is 67.2 Å². The first-order chi connectivity index (χ1) is 11.1. The lowest BCUT2D eigenvalue weighted by molar-refractivity contribution is 0.0468. The third-order valence-corrected chi connectivity index (χ3v) is 4.28. The van der Waals surface area contributed by atoms with E-state index in [1.165, 1.54) is 38.9 Å². The van der Waals surface area contributed by atoms with E-state index in [9.17, 15) is 4.79 Å². The fourth-order valence-electron chi connectivity index (χ4n) is 3.04. The number of hydrogen-bond acceptors (Lipinski definition) is 4. The SMILES string of the molecule is CC(CNCCC(C)(C)NC(=O)OC(C)(C)C)CN1CCCCC1. The van der Waals surface area contributed by atoms with E-state index >= 15 is 0 Å². The maximum Gasteiger partial charge on any atom is 0.408 e. The summed E-state index contributed by atoms with van der Waals surface area (Å²) in [6.45, 7) is 17.7. The molecule has 0 saturated carbocycles. The first-order valence-electron chi connectivity index (χ1n) is 9.52. The molecule has 0 aliphatic carbocycles. The number of hydrogen-bond donors (Lipinski definition) is 2. The summed E-state index contributed by atoms with van der Waals surface area (Å²) in [7, 11) is 0. The topological polar surface area (TPSA) is 53.6 Å². The highest BCUT2D eigenvalue weighted by molar-refractivity contribution is 5.68. The molecule has 0 radical (unpaired) electrons. The zero-order chi connectivity index (χ0) is 18.2. The minimum atomic E-state index is -0.456. The summed E-state index contributed by atoms with van der Waals surface area (Å²) in [5, 5.41) is 6.49. The van der Waals surface area contributed by atoms with Crippen LogP contribution in [-0.2, 0) is 4.74 Å². The molecular formula is C19H39N3O2. The van der Waals surface area contributed by atoms with E-state index < -0.39 is 5.60 Å². The molecule has 142 valence electrons. The second-order valence-electron chi connectivity index (χ2n) is 8.93. The molecule has 1 fully saturated rings. The fourth-order valence-corrected chi connectivity index (χ4v) is 3.04. The second-order valence-corrected chi connectivity index (χ2v) is 8.93. The van der Waals surface area contributed by atoms with Gasteiger partial charge in [-0.15, -0.1) is 0 Å². The van der Waals surface area contributed by atoms with Crippen LogP contribution in [0.4, 0.5) is 4.79 Å². The minimum absolute atomic E-state index is 0.272. The molecule has 2 N–H and O–H groups in total. The molecule has 1 aliphatic rings. The number of amides is 1. The molecular weight excluding hydrogens is 302 g/mol. The van der Waals surface area contributed by atoms with Crippen LogP contribution in [-0.4, -0.2) is 54.9 Å². The van der Waals surface area contributed by atoms with Crippen molar-refractivity contribution in [2.24, 2.45) is 5.92 Å². The van der Waals surface area contributed by atoms with Gasteiger partial charge in [-0.05, 0) is 86.0 Å². The van der Waals surface area contributed by atoms with Crippen LogP contribution in [0.2, 0.25) is 0 Å². The van der Waals surface area contributed by atoms with E-state index in [4.69, 9.17) is 4.74 Å². The molecule has 0 bridgehead atoms. The van der Waals surface area contributed by atoms with Crippen molar-refractivity contribution in [1.82, 2.24) is 15.5 Å². The predicted molar refractivity (Wildman–Crippen MR) is 100 cm³/mol. The maximum absolute atomic E-state index is 11.9. The highest BCUT2D eigenvalue weighted by Crippen LogP contribution is 2.12. The van der Waals surface area contributed by atoms with Crippen LogP contribution < -0.4 is 10.6 Å². The van der Waals surface area contributed by atoms with Crippen molar-refractivity contribution in [2.45, 2.75) is 78.4 Å². The van der Waals surface area contributed by atoms with Crippen molar-refractivity contribution in [3.8, 4) is 0 Å². The first-order valence-corrected chi connectivity index (χ1v) is 9.52. The van der Waals surface area contributed by atoms with Crippen molar-refractivity contribution in [1.29, 1.82) is 0 Å². The molecule has 1 amide bonds. The van der Waals surface area contributed by atoms with Crippen LogP contribution in [0.15, 0.2) is 0 Å². The maximum atomic E-state index is 11.9. The van der Waals surface area contributed by atoms with Gasteiger partial charge in [-0.2, -0.15) is 0 Å². The summed E-state index contributed by atoms with van der Waals surface area (Å²) in [5.41, 5.74) is -0.728. The molecule has 1 unspecified atom stereocenters. The number of carbonyl (C=O) groups is 1.